The maximum absolute atomic E-state index is 12.2. The van der Waals surface area contributed by atoms with Gasteiger partial charge in [-0.3, -0.25) is 9.59 Å². The minimum absolute atomic E-state index is 0.0523. The summed E-state index contributed by atoms with van der Waals surface area (Å²) in [6.07, 6.45) is 2.66. The van der Waals surface area contributed by atoms with Crippen molar-refractivity contribution in [1.82, 2.24) is 5.32 Å². The SMILES string of the molecule is Cc1c(Cl)cccc1C(=O)NC1CCC(C(=O)O)CC1. The molecule has 0 aromatic heterocycles. The molecule has 0 atom stereocenters. The van der Waals surface area contributed by atoms with Crippen molar-refractivity contribution in [2.75, 3.05) is 0 Å². The van der Waals surface area contributed by atoms with Gasteiger partial charge in [-0.25, -0.2) is 0 Å². The number of amides is 1. The van der Waals surface area contributed by atoms with Crippen LogP contribution in [-0.4, -0.2) is 23.0 Å². The first-order valence-corrected chi connectivity index (χ1v) is 7.15. The van der Waals surface area contributed by atoms with Gasteiger partial charge in [0, 0.05) is 16.6 Å². The molecule has 1 fully saturated rings. The Morgan fingerprint density at radius 3 is 2.50 bits per heavy atom. The summed E-state index contributed by atoms with van der Waals surface area (Å²) in [7, 11) is 0. The molecule has 0 aliphatic heterocycles. The molecule has 0 saturated heterocycles. The lowest BCUT2D eigenvalue weighted by molar-refractivity contribution is -0.142. The van der Waals surface area contributed by atoms with E-state index in [1.54, 1.807) is 18.2 Å². The van der Waals surface area contributed by atoms with Crippen molar-refractivity contribution in [3.05, 3.63) is 34.3 Å². The van der Waals surface area contributed by atoms with Crippen molar-refractivity contribution in [3.63, 3.8) is 0 Å². The highest BCUT2D eigenvalue weighted by Gasteiger charge is 2.27. The van der Waals surface area contributed by atoms with E-state index in [4.69, 9.17) is 16.7 Å². The van der Waals surface area contributed by atoms with E-state index < -0.39 is 5.97 Å². The van der Waals surface area contributed by atoms with Gasteiger partial charge in [-0.1, -0.05) is 17.7 Å². The highest BCUT2D eigenvalue weighted by molar-refractivity contribution is 6.31. The predicted molar refractivity (Wildman–Crippen MR) is 77.0 cm³/mol. The number of carbonyl (C=O) groups is 2. The molecule has 0 spiro atoms. The third-order valence-corrected chi connectivity index (χ3v) is 4.33. The number of carboxylic acid groups (broad SMARTS) is 1. The van der Waals surface area contributed by atoms with Crippen molar-refractivity contribution in [1.29, 1.82) is 0 Å². The fourth-order valence-corrected chi connectivity index (χ4v) is 2.78. The van der Waals surface area contributed by atoms with Gasteiger partial charge in [-0.15, -0.1) is 0 Å². The Labute approximate surface area is 123 Å². The molecular formula is C15H18ClNO3. The maximum atomic E-state index is 12.2. The average molecular weight is 296 g/mol. The smallest absolute Gasteiger partial charge is 0.306 e. The highest BCUT2D eigenvalue weighted by Crippen LogP contribution is 2.25. The summed E-state index contributed by atoms with van der Waals surface area (Å²) in [5, 5.41) is 12.5. The fourth-order valence-electron chi connectivity index (χ4n) is 2.60. The van der Waals surface area contributed by atoms with Gasteiger partial charge in [-0.05, 0) is 50.3 Å². The summed E-state index contributed by atoms with van der Waals surface area (Å²) in [4.78, 5) is 23.1. The molecular weight excluding hydrogens is 278 g/mol. The Kier molecular flexibility index (Phi) is 4.65. The normalized spacial score (nSPS) is 22.3. The van der Waals surface area contributed by atoms with Gasteiger partial charge < -0.3 is 10.4 Å². The van der Waals surface area contributed by atoms with E-state index in [-0.39, 0.29) is 17.9 Å². The Hall–Kier alpha value is -1.55. The van der Waals surface area contributed by atoms with Gasteiger partial charge in [-0.2, -0.15) is 0 Å². The van der Waals surface area contributed by atoms with Gasteiger partial charge >= 0.3 is 5.97 Å². The molecule has 0 heterocycles. The van der Waals surface area contributed by atoms with Crippen molar-refractivity contribution in [2.24, 2.45) is 5.92 Å². The zero-order valence-electron chi connectivity index (χ0n) is 11.4. The summed E-state index contributed by atoms with van der Waals surface area (Å²) in [6.45, 7) is 1.82. The molecule has 2 N–H and O–H groups in total. The van der Waals surface area contributed by atoms with Gasteiger partial charge in [0.05, 0.1) is 5.92 Å². The number of hydrogen-bond acceptors (Lipinski definition) is 2. The Bertz CT molecular complexity index is 522. The first kappa shape index (κ1) is 14.9. The number of benzene rings is 1. The molecule has 1 aliphatic rings. The third-order valence-electron chi connectivity index (χ3n) is 3.92. The first-order valence-electron chi connectivity index (χ1n) is 6.78. The molecule has 108 valence electrons. The van der Waals surface area contributed by atoms with Crippen LogP contribution in [0, 0.1) is 12.8 Å². The predicted octanol–water partition coefficient (Wildman–Crippen LogP) is 3.02. The highest BCUT2D eigenvalue weighted by atomic mass is 35.5. The number of aliphatic carboxylic acids is 1. The van der Waals surface area contributed by atoms with E-state index in [1.807, 2.05) is 6.92 Å². The Balaban J connectivity index is 1.96. The van der Waals surface area contributed by atoms with Crippen LogP contribution in [0.2, 0.25) is 5.02 Å². The van der Waals surface area contributed by atoms with E-state index in [2.05, 4.69) is 5.32 Å². The Morgan fingerprint density at radius 2 is 1.90 bits per heavy atom. The summed E-state index contributed by atoms with van der Waals surface area (Å²) < 4.78 is 0. The molecule has 0 bridgehead atoms. The van der Waals surface area contributed by atoms with Gasteiger partial charge in [0.15, 0.2) is 0 Å². The fraction of sp³-hybridized carbons (Fsp3) is 0.467. The molecule has 1 saturated carbocycles. The lowest BCUT2D eigenvalue weighted by Crippen LogP contribution is -2.39. The molecule has 20 heavy (non-hydrogen) atoms. The van der Waals surface area contributed by atoms with Crippen LogP contribution in [-0.2, 0) is 4.79 Å². The van der Waals surface area contributed by atoms with Crippen molar-refractivity contribution >= 4 is 23.5 Å². The second kappa shape index (κ2) is 6.27. The summed E-state index contributed by atoms with van der Waals surface area (Å²) in [5.74, 6) is -1.14. The van der Waals surface area contributed by atoms with E-state index in [1.165, 1.54) is 0 Å². The molecule has 1 aromatic rings. The van der Waals surface area contributed by atoms with Crippen LogP contribution >= 0.6 is 11.6 Å². The van der Waals surface area contributed by atoms with E-state index in [9.17, 15) is 9.59 Å². The van der Waals surface area contributed by atoms with Crippen LogP contribution in [0.3, 0.4) is 0 Å². The molecule has 5 heteroatoms. The van der Waals surface area contributed by atoms with Gasteiger partial charge in [0.2, 0.25) is 0 Å². The van der Waals surface area contributed by atoms with E-state index in [0.717, 1.165) is 5.56 Å². The number of carbonyl (C=O) groups excluding carboxylic acids is 1. The molecule has 1 amide bonds. The van der Waals surface area contributed by atoms with Crippen LogP contribution < -0.4 is 5.32 Å². The lowest BCUT2D eigenvalue weighted by atomic mass is 9.86. The topological polar surface area (TPSA) is 66.4 Å². The van der Waals surface area contributed by atoms with Crippen LogP contribution in [0.25, 0.3) is 0 Å². The van der Waals surface area contributed by atoms with Crippen molar-refractivity contribution in [2.45, 2.75) is 38.6 Å². The molecule has 2 rings (SSSR count). The number of carboxylic acids is 1. The Morgan fingerprint density at radius 1 is 1.25 bits per heavy atom. The van der Waals surface area contributed by atoms with Crippen LogP contribution in [0.5, 0.6) is 0 Å². The van der Waals surface area contributed by atoms with Crippen LogP contribution in [0.4, 0.5) is 0 Å². The lowest BCUT2D eigenvalue weighted by Gasteiger charge is -2.27. The van der Waals surface area contributed by atoms with Crippen LogP contribution in [0.15, 0.2) is 18.2 Å². The van der Waals surface area contributed by atoms with Crippen molar-refractivity contribution in [3.8, 4) is 0 Å². The summed E-state index contributed by atoms with van der Waals surface area (Å²) in [5.41, 5.74) is 1.35. The van der Waals surface area contributed by atoms with Gasteiger partial charge in [0.25, 0.3) is 5.91 Å². The molecule has 4 nitrogen and oxygen atoms in total. The molecule has 0 unspecified atom stereocenters. The van der Waals surface area contributed by atoms with Crippen LogP contribution in [0.1, 0.15) is 41.6 Å². The zero-order valence-corrected chi connectivity index (χ0v) is 12.1. The first-order chi connectivity index (χ1) is 9.49. The third kappa shape index (κ3) is 3.31. The average Bonchev–Trinajstić information content (AvgIpc) is 2.42. The second-order valence-electron chi connectivity index (χ2n) is 5.27. The quantitative estimate of drug-likeness (QED) is 0.901. The van der Waals surface area contributed by atoms with E-state index >= 15 is 0 Å². The zero-order chi connectivity index (χ0) is 14.7. The van der Waals surface area contributed by atoms with Gasteiger partial charge in [0.1, 0.15) is 0 Å². The maximum Gasteiger partial charge on any atom is 0.306 e. The van der Waals surface area contributed by atoms with Crippen molar-refractivity contribution < 1.29 is 14.7 Å². The summed E-state index contributed by atoms with van der Waals surface area (Å²) >= 11 is 6.01. The standard InChI is InChI=1S/C15H18ClNO3/c1-9-12(3-2-4-13(9)16)14(18)17-11-7-5-10(6-8-11)15(19)20/h2-4,10-11H,5-8H2,1H3,(H,17,18)(H,19,20). The minimum atomic E-state index is -0.736. The second-order valence-corrected chi connectivity index (χ2v) is 5.68. The number of hydrogen-bond donors (Lipinski definition) is 2. The molecule has 1 aliphatic carbocycles. The number of halogens is 1. The summed E-state index contributed by atoms with van der Waals surface area (Å²) in [6, 6.07) is 5.31. The van der Waals surface area contributed by atoms with E-state index in [0.29, 0.717) is 36.3 Å². The minimum Gasteiger partial charge on any atom is -0.481 e. The number of rotatable bonds is 3. The number of nitrogens with one attached hydrogen (secondary N) is 1. The largest absolute Gasteiger partial charge is 0.481 e. The molecule has 1 aromatic carbocycles. The molecule has 0 radical (unpaired) electrons. The monoisotopic (exact) mass is 295 g/mol.